The number of benzene rings is 3. The van der Waals surface area contributed by atoms with Crippen molar-refractivity contribution >= 4 is 17.9 Å². The van der Waals surface area contributed by atoms with Gasteiger partial charge in [-0.25, -0.2) is 4.79 Å². The Morgan fingerprint density at radius 3 is 2.22 bits per heavy atom. The predicted octanol–water partition coefficient (Wildman–Crippen LogP) is 5.13. The van der Waals surface area contributed by atoms with Crippen molar-refractivity contribution in [1.29, 1.82) is 0 Å². The number of nitrogens with zero attached hydrogens (tertiary/aromatic N) is 3. The van der Waals surface area contributed by atoms with Gasteiger partial charge < -0.3 is 20.3 Å². The van der Waals surface area contributed by atoms with Gasteiger partial charge in [0.15, 0.2) is 0 Å². The van der Waals surface area contributed by atoms with Gasteiger partial charge in [0.25, 0.3) is 0 Å². The maximum absolute atomic E-state index is 13.9. The number of nitrogens with two attached hydrogens (primary N) is 1. The normalized spacial score (nSPS) is 20.3. The highest BCUT2D eigenvalue weighted by atomic mass is 19.4. The third-order valence-corrected chi connectivity index (χ3v) is 8.38. The molecule has 8 nitrogen and oxygen atoms in total. The smallest absolute Gasteiger partial charge is 0.416 e. The maximum Gasteiger partial charge on any atom is 0.416 e. The van der Waals surface area contributed by atoms with E-state index in [2.05, 4.69) is 0 Å². The molecule has 3 aromatic rings. The molecule has 0 radical (unpaired) electrons. The number of alkyl halides is 3. The Kier molecular flexibility index (Phi) is 9.77. The van der Waals surface area contributed by atoms with Crippen LogP contribution in [0, 0.1) is 12.8 Å². The summed E-state index contributed by atoms with van der Waals surface area (Å²) in [7, 11) is 0. The molecule has 238 valence electrons. The minimum Gasteiger partial charge on any atom is -0.444 e. The summed E-state index contributed by atoms with van der Waals surface area (Å²) in [6.45, 7) is 1.40. The van der Waals surface area contributed by atoms with E-state index in [9.17, 15) is 27.6 Å². The lowest BCUT2D eigenvalue weighted by Crippen LogP contribution is -2.74. The number of hydrogen-bond donors (Lipinski definition) is 1. The van der Waals surface area contributed by atoms with E-state index in [1.807, 2.05) is 60.7 Å². The first-order valence-electron chi connectivity index (χ1n) is 15.0. The van der Waals surface area contributed by atoms with Crippen LogP contribution in [-0.2, 0) is 40.1 Å². The molecule has 2 aliphatic rings. The summed E-state index contributed by atoms with van der Waals surface area (Å²) < 4.78 is 45.8. The van der Waals surface area contributed by atoms with Crippen LogP contribution in [0.15, 0.2) is 78.9 Å². The van der Waals surface area contributed by atoms with Crippen molar-refractivity contribution in [3.05, 3.63) is 107 Å². The van der Waals surface area contributed by atoms with E-state index in [-0.39, 0.29) is 50.2 Å². The molecule has 2 aliphatic heterocycles. The molecule has 5 rings (SSSR count). The van der Waals surface area contributed by atoms with Crippen LogP contribution in [-0.4, -0.2) is 64.4 Å². The van der Waals surface area contributed by atoms with E-state index in [0.717, 1.165) is 29.7 Å². The lowest BCUT2D eigenvalue weighted by atomic mass is 9.92. The van der Waals surface area contributed by atoms with Crippen LogP contribution in [0.3, 0.4) is 0 Å². The molecule has 3 amide bonds. The average molecular weight is 623 g/mol. The van der Waals surface area contributed by atoms with Crippen molar-refractivity contribution in [3.8, 4) is 0 Å². The molecule has 2 saturated heterocycles. The lowest BCUT2D eigenvalue weighted by Gasteiger charge is -2.53. The molecular weight excluding hydrogens is 585 g/mol. The molecule has 0 aliphatic carbocycles. The van der Waals surface area contributed by atoms with Gasteiger partial charge >= 0.3 is 12.3 Å². The lowest BCUT2D eigenvalue weighted by molar-refractivity contribution is -0.173. The fraction of sp³-hybridized carbons (Fsp3) is 0.382. The molecule has 0 saturated carbocycles. The summed E-state index contributed by atoms with van der Waals surface area (Å²) in [4.78, 5) is 45.7. The zero-order chi connectivity index (χ0) is 32.1. The highest BCUT2D eigenvalue weighted by Crippen LogP contribution is 2.33. The number of piperazine rings is 1. The second kappa shape index (κ2) is 13.7. The van der Waals surface area contributed by atoms with E-state index in [1.165, 1.54) is 15.9 Å². The van der Waals surface area contributed by atoms with Gasteiger partial charge in [0.1, 0.15) is 18.8 Å². The van der Waals surface area contributed by atoms with E-state index in [1.54, 1.807) is 11.8 Å². The highest BCUT2D eigenvalue weighted by molar-refractivity contribution is 5.91. The number of carbonyl (C=O) groups is 3. The number of aryl methyl sites for hydroxylation is 2. The van der Waals surface area contributed by atoms with Gasteiger partial charge in [-0.1, -0.05) is 72.3 Å². The monoisotopic (exact) mass is 622 g/mol. The van der Waals surface area contributed by atoms with Crippen LogP contribution in [0.4, 0.5) is 18.0 Å². The number of carbonyl (C=O) groups excluding carboxylic acids is 3. The number of rotatable bonds is 9. The molecule has 2 N–H and O–H groups in total. The Balaban J connectivity index is 1.39. The third-order valence-electron chi connectivity index (χ3n) is 8.38. The number of ether oxygens (including phenoxy) is 1. The molecule has 0 bridgehead atoms. The quantitative estimate of drug-likeness (QED) is 0.357. The maximum atomic E-state index is 13.9. The van der Waals surface area contributed by atoms with Crippen LogP contribution >= 0.6 is 0 Å². The van der Waals surface area contributed by atoms with Crippen LogP contribution in [0.1, 0.15) is 40.7 Å². The third kappa shape index (κ3) is 7.47. The number of fused-ring (bicyclic) bond motifs is 1. The van der Waals surface area contributed by atoms with E-state index in [4.69, 9.17) is 10.5 Å². The molecule has 2 heterocycles. The summed E-state index contributed by atoms with van der Waals surface area (Å²) in [5.41, 5.74) is 7.85. The molecule has 45 heavy (non-hydrogen) atoms. The number of hydrogen-bond acceptors (Lipinski definition) is 5. The van der Waals surface area contributed by atoms with E-state index < -0.39 is 36.0 Å². The molecule has 2 fully saturated rings. The van der Waals surface area contributed by atoms with Crippen molar-refractivity contribution < 1.29 is 32.3 Å². The van der Waals surface area contributed by atoms with Crippen LogP contribution in [0.25, 0.3) is 0 Å². The second-order valence-electron chi connectivity index (χ2n) is 11.7. The largest absolute Gasteiger partial charge is 0.444 e. The predicted molar refractivity (Wildman–Crippen MR) is 161 cm³/mol. The van der Waals surface area contributed by atoms with Crippen LogP contribution in [0.2, 0.25) is 0 Å². The standard InChI is InChI=1S/C34H37F3N4O4/c1-23-15-26(17-28(16-23)34(35,36)37)22-45-33(44)40-20-27(14-8-13-24-9-4-2-5-10-24)31(42)41-29(18-38)32(43)39(21-30(40)41)19-25-11-6-3-7-12-25/h2-7,9-12,15-17,27,29-30H,8,13-14,18-22,38H2,1H3/t27-,29-,30+/m0/s1. The summed E-state index contributed by atoms with van der Waals surface area (Å²) >= 11 is 0. The van der Waals surface area contributed by atoms with E-state index in [0.29, 0.717) is 18.4 Å². The van der Waals surface area contributed by atoms with Crippen LogP contribution < -0.4 is 5.73 Å². The van der Waals surface area contributed by atoms with Gasteiger partial charge in [-0.05, 0) is 55.0 Å². The Labute approximate surface area is 260 Å². The summed E-state index contributed by atoms with van der Waals surface area (Å²) in [6, 6.07) is 21.8. The Bertz CT molecular complexity index is 1500. The van der Waals surface area contributed by atoms with Gasteiger partial charge in [0.2, 0.25) is 11.8 Å². The van der Waals surface area contributed by atoms with E-state index >= 15 is 0 Å². The first-order valence-corrected chi connectivity index (χ1v) is 15.0. The number of amides is 3. The highest BCUT2D eigenvalue weighted by Gasteiger charge is 2.51. The molecule has 3 atom stereocenters. The topological polar surface area (TPSA) is 96.2 Å². The molecule has 0 aromatic heterocycles. The average Bonchev–Trinajstić information content (AvgIpc) is 3.02. The fourth-order valence-corrected chi connectivity index (χ4v) is 6.22. The minimum absolute atomic E-state index is 0.0461. The van der Waals surface area contributed by atoms with Gasteiger partial charge in [0, 0.05) is 19.6 Å². The number of halogens is 3. The SMILES string of the molecule is Cc1cc(COC(=O)N2C[C@H](CCCc3ccccc3)C(=O)N3[C@@H]2CN(Cc2ccccc2)C(=O)[C@@H]3CN)cc(C(F)(F)F)c1. The van der Waals surface area contributed by atoms with Gasteiger partial charge in [0.05, 0.1) is 18.0 Å². The molecular formula is C34H37F3N4O4. The molecule has 0 spiro atoms. The summed E-state index contributed by atoms with van der Waals surface area (Å²) in [5, 5.41) is 0. The van der Waals surface area contributed by atoms with Gasteiger partial charge in [-0.2, -0.15) is 13.2 Å². The first-order chi connectivity index (χ1) is 21.5. The zero-order valence-corrected chi connectivity index (χ0v) is 25.1. The summed E-state index contributed by atoms with van der Waals surface area (Å²) in [5.74, 6) is -1.15. The summed E-state index contributed by atoms with van der Waals surface area (Å²) in [6.07, 6.45) is -4.28. The van der Waals surface area contributed by atoms with Crippen LogP contribution in [0.5, 0.6) is 0 Å². The Morgan fingerprint density at radius 1 is 0.911 bits per heavy atom. The van der Waals surface area contributed by atoms with Crippen molar-refractivity contribution in [2.45, 2.75) is 57.7 Å². The van der Waals surface area contributed by atoms with Gasteiger partial charge in [-0.15, -0.1) is 0 Å². The Morgan fingerprint density at radius 2 is 1.58 bits per heavy atom. The Hall–Kier alpha value is -4.38. The van der Waals surface area contributed by atoms with Gasteiger partial charge in [-0.3, -0.25) is 14.5 Å². The van der Waals surface area contributed by atoms with Crippen molar-refractivity contribution in [3.63, 3.8) is 0 Å². The molecule has 0 unspecified atom stereocenters. The zero-order valence-electron chi connectivity index (χ0n) is 25.1. The van der Waals surface area contributed by atoms with Crippen molar-refractivity contribution in [2.24, 2.45) is 11.7 Å². The molecule has 3 aromatic carbocycles. The molecule has 11 heteroatoms. The minimum atomic E-state index is -4.54. The van der Waals surface area contributed by atoms with Crippen molar-refractivity contribution in [1.82, 2.24) is 14.7 Å². The fourth-order valence-electron chi connectivity index (χ4n) is 6.22. The first kappa shape index (κ1) is 32.0. The van der Waals surface area contributed by atoms with Crippen molar-refractivity contribution in [2.75, 3.05) is 19.6 Å². The second-order valence-corrected chi connectivity index (χ2v) is 11.7.